The summed E-state index contributed by atoms with van der Waals surface area (Å²) in [6.07, 6.45) is 0. The lowest BCUT2D eigenvalue weighted by Gasteiger charge is -2.14. The van der Waals surface area contributed by atoms with Gasteiger partial charge in [0.15, 0.2) is 0 Å². The van der Waals surface area contributed by atoms with Gasteiger partial charge in [0.2, 0.25) is 0 Å². The fraction of sp³-hybridized carbons (Fsp3) is 0.0455. The van der Waals surface area contributed by atoms with Crippen LogP contribution in [0.2, 0.25) is 0 Å². The first kappa shape index (κ1) is 16.7. The van der Waals surface area contributed by atoms with Gasteiger partial charge in [0, 0.05) is 11.3 Å². The number of aryl methyl sites for hydroxylation is 1. The Balaban J connectivity index is 1.55. The predicted molar refractivity (Wildman–Crippen MR) is 103 cm³/mol. The molecule has 3 aromatic rings. The summed E-state index contributed by atoms with van der Waals surface area (Å²) >= 11 is 0. The molecule has 3 amide bonds. The van der Waals surface area contributed by atoms with Crippen molar-refractivity contribution in [3.63, 3.8) is 0 Å². The highest BCUT2D eigenvalue weighted by molar-refractivity contribution is 6.34. The third-order valence-electron chi connectivity index (χ3n) is 4.46. The standard InChI is InChI=1S/C22H16N2O3/c1-14-5-4-6-16(13-14)23-20(25)15-9-11-17(12-10-15)24-21(26)18-7-2-3-8-19(18)22(24)27/h2-13H,1H3,(H,23,25). The topological polar surface area (TPSA) is 66.5 Å². The number of hydrogen-bond acceptors (Lipinski definition) is 3. The lowest BCUT2D eigenvalue weighted by molar-refractivity contribution is 0.0925. The second kappa shape index (κ2) is 6.53. The van der Waals surface area contributed by atoms with Crippen molar-refractivity contribution in [1.29, 1.82) is 0 Å². The molecule has 5 nitrogen and oxygen atoms in total. The van der Waals surface area contributed by atoms with Crippen LogP contribution in [0.5, 0.6) is 0 Å². The summed E-state index contributed by atoms with van der Waals surface area (Å²) in [5, 5.41) is 2.83. The van der Waals surface area contributed by atoms with Gasteiger partial charge < -0.3 is 5.32 Å². The molecule has 0 saturated carbocycles. The van der Waals surface area contributed by atoms with Gasteiger partial charge in [-0.15, -0.1) is 0 Å². The van der Waals surface area contributed by atoms with E-state index in [0.29, 0.717) is 28.1 Å². The van der Waals surface area contributed by atoms with Crippen LogP contribution < -0.4 is 10.2 Å². The molecule has 0 radical (unpaired) electrons. The summed E-state index contributed by atoms with van der Waals surface area (Å²) in [4.78, 5) is 38.6. The van der Waals surface area contributed by atoms with Gasteiger partial charge in [-0.1, -0.05) is 24.3 Å². The van der Waals surface area contributed by atoms with E-state index in [0.717, 1.165) is 10.5 Å². The smallest absolute Gasteiger partial charge is 0.266 e. The molecule has 0 aromatic heterocycles. The number of nitrogens with zero attached hydrogens (tertiary/aromatic N) is 1. The number of carbonyl (C=O) groups is 3. The summed E-state index contributed by atoms with van der Waals surface area (Å²) in [6, 6.07) is 20.7. The van der Waals surface area contributed by atoms with Crippen LogP contribution in [0, 0.1) is 6.92 Å². The SMILES string of the molecule is Cc1cccc(NC(=O)c2ccc(N3C(=O)c4ccccc4C3=O)cc2)c1. The van der Waals surface area contributed by atoms with E-state index in [2.05, 4.69) is 5.32 Å². The van der Waals surface area contributed by atoms with Crippen molar-refractivity contribution in [3.8, 4) is 0 Å². The van der Waals surface area contributed by atoms with Gasteiger partial charge in [-0.3, -0.25) is 14.4 Å². The van der Waals surface area contributed by atoms with Gasteiger partial charge in [0.05, 0.1) is 16.8 Å². The zero-order chi connectivity index (χ0) is 19.0. The number of benzene rings is 3. The Kier molecular flexibility index (Phi) is 4.05. The van der Waals surface area contributed by atoms with Crippen molar-refractivity contribution in [2.24, 2.45) is 0 Å². The molecule has 132 valence electrons. The fourth-order valence-corrected chi connectivity index (χ4v) is 3.11. The van der Waals surface area contributed by atoms with E-state index in [9.17, 15) is 14.4 Å². The van der Waals surface area contributed by atoms with Gasteiger partial charge in [0.25, 0.3) is 17.7 Å². The average Bonchev–Trinajstić information content (AvgIpc) is 2.93. The molecule has 1 aliphatic heterocycles. The summed E-state index contributed by atoms with van der Waals surface area (Å²) in [5.41, 5.74) is 3.43. The maximum atomic E-state index is 12.5. The molecule has 0 saturated heterocycles. The van der Waals surface area contributed by atoms with Crippen LogP contribution in [0.4, 0.5) is 11.4 Å². The second-order valence-electron chi connectivity index (χ2n) is 6.36. The predicted octanol–water partition coefficient (Wildman–Crippen LogP) is 4.05. The lowest BCUT2D eigenvalue weighted by atomic mass is 10.1. The van der Waals surface area contributed by atoms with Gasteiger partial charge >= 0.3 is 0 Å². The Morgan fingerprint density at radius 2 is 1.44 bits per heavy atom. The van der Waals surface area contributed by atoms with E-state index in [1.807, 2.05) is 31.2 Å². The molecule has 1 N–H and O–H groups in total. The molecule has 0 bridgehead atoms. The third kappa shape index (κ3) is 3.00. The van der Waals surface area contributed by atoms with Crippen LogP contribution in [0.3, 0.4) is 0 Å². The quantitative estimate of drug-likeness (QED) is 0.720. The zero-order valence-corrected chi connectivity index (χ0v) is 14.6. The number of amides is 3. The number of imide groups is 1. The molecule has 4 rings (SSSR count). The molecule has 0 atom stereocenters. The molecule has 0 spiro atoms. The molecule has 0 fully saturated rings. The van der Waals surface area contributed by atoms with E-state index in [1.165, 1.54) is 0 Å². The summed E-state index contributed by atoms with van der Waals surface area (Å²) in [7, 11) is 0. The Morgan fingerprint density at radius 1 is 0.815 bits per heavy atom. The fourth-order valence-electron chi connectivity index (χ4n) is 3.11. The van der Waals surface area contributed by atoms with Crippen LogP contribution in [0.1, 0.15) is 36.6 Å². The molecule has 3 aromatic carbocycles. The molecule has 1 aliphatic rings. The van der Waals surface area contributed by atoms with Crippen molar-refractivity contribution < 1.29 is 14.4 Å². The first-order valence-electron chi connectivity index (χ1n) is 8.50. The molecule has 5 heteroatoms. The monoisotopic (exact) mass is 356 g/mol. The normalized spacial score (nSPS) is 12.9. The van der Waals surface area contributed by atoms with Crippen LogP contribution in [-0.2, 0) is 0 Å². The van der Waals surface area contributed by atoms with Crippen molar-refractivity contribution >= 4 is 29.1 Å². The number of anilines is 2. The van der Waals surface area contributed by atoms with Crippen molar-refractivity contribution in [3.05, 3.63) is 95.1 Å². The maximum absolute atomic E-state index is 12.5. The largest absolute Gasteiger partial charge is 0.322 e. The molecule has 0 unspecified atom stereocenters. The van der Waals surface area contributed by atoms with Crippen LogP contribution >= 0.6 is 0 Å². The number of nitrogens with one attached hydrogen (secondary N) is 1. The highest BCUT2D eigenvalue weighted by Gasteiger charge is 2.36. The lowest BCUT2D eigenvalue weighted by Crippen LogP contribution is -2.29. The van der Waals surface area contributed by atoms with E-state index >= 15 is 0 Å². The summed E-state index contributed by atoms with van der Waals surface area (Å²) < 4.78 is 0. The van der Waals surface area contributed by atoms with Crippen molar-refractivity contribution in [1.82, 2.24) is 0 Å². The highest BCUT2D eigenvalue weighted by Crippen LogP contribution is 2.28. The minimum atomic E-state index is -0.354. The van der Waals surface area contributed by atoms with E-state index in [1.54, 1.807) is 48.5 Å². The number of hydrogen-bond donors (Lipinski definition) is 1. The number of fused-ring (bicyclic) bond motifs is 1. The Morgan fingerprint density at radius 3 is 2.04 bits per heavy atom. The van der Waals surface area contributed by atoms with Crippen molar-refractivity contribution in [2.45, 2.75) is 6.92 Å². The Labute approximate surface area is 156 Å². The summed E-state index contributed by atoms with van der Waals surface area (Å²) in [5.74, 6) is -0.963. The van der Waals surface area contributed by atoms with Gasteiger partial charge in [-0.2, -0.15) is 0 Å². The van der Waals surface area contributed by atoms with Crippen LogP contribution in [-0.4, -0.2) is 17.7 Å². The van der Waals surface area contributed by atoms with E-state index in [4.69, 9.17) is 0 Å². The third-order valence-corrected chi connectivity index (χ3v) is 4.46. The molecule has 27 heavy (non-hydrogen) atoms. The Hall–Kier alpha value is -3.73. The minimum absolute atomic E-state index is 0.255. The van der Waals surface area contributed by atoms with Crippen LogP contribution in [0.15, 0.2) is 72.8 Å². The second-order valence-corrected chi connectivity index (χ2v) is 6.36. The molecular weight excluding hydrogens is 340 g/mol. The van der Waals surface area contributed by atoms with Gasteiger partial charge in [-0.05, 0) is 61.0 Å². The first-order valence-corrected chi connectivity index (χ1v) is 8.50. The number of carbonyl (C=O) groups excluding carboxylic acids is 3. The zero-order valence-electron chi connectivity index (χ0n) is 14.6. The summed E-state index contributed by atoms with van der Waals surface area (Å²) in [6.45, 7) is 1.95. The molecule has 0 aliphatic carbocycles. The van der Waals surface area contributed by atoms with E-state index < -0.39 is 0 Å². The van der Waals surface area contributed by atoms with Gasteiger partial charge in [0.1, 0.15) is 0 Å². The molecule has 1 heterocycles. The van der Waals surface area contributed by atoms with Gasteiger partial charge in [-0.25, -0.2) is 4.90 Å². The maximum Gasteiger partial charge on any atom is 0.266 e. The Bertz CT molecular complexity index is 1040. The van der Waals surface area contributed by atoms with Crippen LogP contribution in [0.25, 0.3) is 0 Å². The highest BCUT2D eigenvalue weighted by atomic mass is 16.2. The minimum Gasteiger partial charge on any atom is -0.322 e. The van der Waals surface area contributed by atoms with E-state index in [-0.39, 0.29) is 17.7 Å². The van der Waals surface area contributed by atoms with Crippen molar-refractivity contribution in [2.75, 3.05) is 10.2 Å². The average molecular weight is 356 g/mol. The first-order chi connectivity index (χ1) is 13.0. The number of rotatable bonds is 3. The molecular formula is C22H16N2O3.